The van der Waals surface area contributed by atoms with Crippen molar-refractivity contribution >= 4 is 0 Å². The van der Waals surface area contributed by atoms with Gasteiger partial charge < -0.3 is 9.84 Å². The van der Waals surface area contributed by atoms with E-state index in [2.05, 4.69) is 4.74 Å². The smallest absolute Gasteiger partial charge is 0.396 e. The highest BCUT2D eigenvalue weighted by Gasteiger charge is 2.29. The van der Waals surface area contributed by atoms with Crippen molar-refractivity contribution in [2.24, 2.45) is 5.92 Å². The Morgan fingerprint density at radius 2 is 1.69 bits per heavy atom. The molecule has 16 heavy (non-hydrogen) atoms. The molecule has 0 aromatic heterocycles. The third-order valence-electron chi connectivity index (χ3n) is 2.75. The first-order chi connectivity index (χ1) is 7.51. The quantitative estimate of drug-likeness (QED) is 0.750. The van der Waals surface area contributed by atoms with Gasteiger partial charge in [-0.1, -0.05) is 0 Å². The van der Waals surface area contributed by atoms with Crippen molar-refractivity contribution in [3.05, 3.63) is 0 Å². The summed E-state index contributed by atoms with van der Waals surface area (Å²) in [6, 6.07) is 0. The van der Waals surface area contributed by atoms with Crippen molar-refractivity contribution in [1.82, 2.24) is 0 Å². The van der Waals surface area contributed by atoms with Gasteiger partial charge >= 0.3 is 6.36 Å². The molecule has 96 valence electrons. The average Bonchev–Trinajstić information content (AvgIpc) is 2.24. The lowest BCUT2D eigenvalue weighted by molar-refractivity contribution is -0.327. The monoisotopic (exact) mass is 242 g/mol. The predicted molar refractivity (Wildman–Crippen MR) is 50.8 cm³/mol. The van der Waals surface area contributed by atoms with Crippen molar-refractivity contribution in [3.8, 4) is 0 Å². The third kappa shape index (κ3) is 5.67. The largest absolute Gasteiger partial charge is 0.522 e. The van der Waals surface area contributed by atoms with Crippen LogP contribution in [-0.4, -0.2) is 37.4 Å². The summed E-state index contributed by atoms with van der Waals surface area (Å²) in [5.74, 6) is 0.325. The maximum Gasteiger partial charge on any atom is 0.522 e. The summed E-state index contributed by atoms with van der Waals surface area (Å²) >= 11 is 0. The highest BCUT2D eigenvalue weighted by atomic mass is 19.4. The van der Waals surface area contributed by atoms with Crippen molar-refractivity contribution in [1.29, 1.82) is 0 Å². The maximum absolute atomic E-state index is 11.6. The predicted octanol–water partition coefficient (Wildman–Crippen LogP) is 2.09. The topological polar surface area (TPSA) is 38.7 Å². The number of aliphatic hydroxyl groups excluding tert-OH is 1. The highest BCUT2D eigenvalue weighted by molar-refractivity contribution is 4.72. The van der Waals surface area contributed by atoms with Crippen LogP contribution in [0.5, 0.6) is 0 Å². The number of aliphatic hydroxyl groups is 1. The molecule has 0 bridgehead atoms. The summed E-state index contributed by atoms with van der Waals surface area (Å²) < 4.78 is 43.7. The molecular weight excluding hydrogens is 225 g/mol. The Hall–Kier alpha value is -0.330. The molecule has 0 spiro atoms. The van der Waals surface area contributed by atoms with E-state index in [1.54, 1.807) is 0 Å². The molecule has 0 aromatic rings. The fourth-order valence-electron chi connectivity index (χ4n) is 1.85. The number of alkyl halides is 3. The molecule has 6 heteroatoms. The molecule has 0 heterocycles. The Labute approximate surface area is 92.5 Å². The standard InChI is InChI=1S/C10H17F3O3/c11-10(12,13)16-6-5-15-9-3-1-8(7-14)2-4-9/h8-9,14H,1-7H2. The van der Waals surface area contributed by atoms with Gasteiger partial charge in [0.1, 0.15) is 0 Å². The molecule has 1 aliphatic rings. The molecule has 0 amide bonds. The van der Waals surface area contributed by atoms with E-state index in [9.17, 15) is 13.2 Å². The summed E-state index contributed by atoms with van der Waals surface area (Å²) in [6.07, 6.45) is -1.20. The van der Waals surface area contributed by atoms with Gasteiger partial charge in [-0.15, -0.1) is 13.2 Å². The molecule has 0 radical (unpaired) electrons. The minimum Gasteiger partial charge on any atom is -0.396 e. The molecule has 1 rings (SSSR count). The molecule has 0 aliphatic heterocycles. The van der Waals surface area contributed by atoms with Crippen LogP contribution < -0.4 is 0 Å². The summed E-state index contributed by atoms with van der Waals surface area (Å²) in [4.78, 5) is 0. The van der Waals surface area contributed by atoms with E-state index < -0.39 is 13.0 Å². The summed E-state index contributed by atoms with van der Waals surface area (Å²) in [5.41, 5.74) is 0. The van der Waals surface area contributed by atoms with Gasteiger partial charge in [0.15, 0.2) is 0 Å². The number of rotatable bonds is 5. The van der Waals surface area contributed by atoms with Crippen LogP contribution in [0.15, 0.2) is 0 Å². The van der Waals surface area contributed by atoms with Gasteiger partial charge in [-0.05, 0) is 31.6 Å². The first kappa shape index (κ1) is 13.7. The van der Waals surface area contributed by atoms with E-state index in [1.165, 1.54) is 0 Å². The van der Waals surface area contributed by atoms with Gasteiger partial charge in [0, 0.05) is 6.61 Å². The van der Waals surface area contributed by atoms with E-state index in [0.717, 1.165) is 25.7 Å². The number of halogens is 3. The van der Waals surface area contributed by atoms with Crippen molar-refractivity contribution in [3.63, 3.8) is 0 Å². The van der Waals surface area contributed by atoms with Crippen LogP contribution in [0.3, 0.4) is 0 Å². The zero-order valence-corrected chi connectivity index (χ0v) is 9.00. The summed E-state index contributed by atoms with van der Waals surface area (Å²) in [7, 11) is 0. The zero-order chi connectivity index (χ0) is 12.0. The SMILES string of the molecule is OCC1CCC(OCCOC(F)(F)F)CC1. The van der Waals surface area contributed by atoms with Crippen LogP contribution >= 0.6 is 0 Å². The van der Waals surface area contributed by atoms with E-state index in [1.807, 2.05) is 0 Å². The Kier molecular flexibility index (Phi) is 5.51. The molecule has 1 saturated carbocycles. The zero-order valence-electron chi connectivity index (χ0n) is 9.00. The van der Waals surface area contributed by atoms with E-state index in [0.29, 0.717) is 5.92 Å². The lowest BCUT2D eigenvalue weighted by Gasteiger charge is -2.27. The second-order valence-electron chi connectivity index (χ2n) is 3.99. The fraction of sp³-hybridized carbons (Fsp3) is 1.00. The average molecular weight is 242 g/mol. The third-order valence-corrected chi connectivity index (χ3v) is 2.75. The maximum atomic E-state index is 11.6. The molecule has 1 fully saturated rings. The van der Waals surface area contributed by atoms with Crippen LogP contribution in [-0.2, 0) is 9.47 Å². The molecule has 1 N–H and O–H groups in total. The second-order valence-corrected chi connectivity index (χ2v) is 3.99. The number of ether oxygens (including phenoxy) is 2. The second kappa shape index (κ2) is 6.42. The van der Waals surface area contributed by atoms with Crippen LogP contribution in [0.1, 0.15) is 25.7 Å². The number of hydrogen-bond donors (Lipinski definition) is 1. The van der Waals surface area contributed by atoms with Gasteiger partial charge in [0.2, 0.25) is 0 Å². The minimum absolute atomic E-state index is 0.0135. The van der Waals surface area contributed by atoms with Crippen LogP contribution in [0.4, 0.5) is 13.2 Å². The highest BCUT2D eigenvalue weighted by Crippen LogP contribution is 2.25. The van der Waals surface area contributed by atoms with Crippen molar-refractivity contribution < 1.29 is 27.8 Å². The van der Waals surface area contributed by atoms with Crippen LogP contribution in [0.25, 0.3) is 0 Å². The molecular formula is C10H17F3O3. The van der Waals surface area contributed by atoms with Gasteiger partial charge in [0.25, 0.3) is 0 Å². The van der Waals surface area contributed by atoms with Gasteiger partial charge in [-0.2, -0.15) is 0 Å². The number of hydrogen-bond acceptors (Lipinski definition) is 3. The lowest BCUT2D eigenvalue weighted by Crippen LogP contribution is -2.25. The fourth-order valence-corrected chi connectivity index (χ4v) is 1.85. The van der Waals surface area contributed by atoms with Crippen molar-refractivity contribution in [2.75, 3.05) is 19.8 Å². The molecule has 1 aliphatic carbocycles. The summed E-state index contributed by atoms with van der Waals surface area (Å²) in [6.45, 7) is -0.304. The lowest BCUT2D eigenvalue weighted by atomic mass is 9.88. The van der Waals surface area contributed by atoms with E-state index in [4.69, 9.17) is 9.84 Å². The van der Waals surface area contributed by atoms with Crippen LogP contribution in [0.2, 0.25) is 0 Å². The first-order valence-corrected chi connectivity index (χ1v) is 5.44. The molecule has 3 nitrogen and oxygen atoms in total. The Balaban J connectivity index is 2.02. The summed E-state index contributed by atoms with van der Waals surface area (Å²) in [5, 5.41) is 8.90. The first-order valence-electron chi connectivity index (χ1n) is 5.44. The van der Waals surface area contributed by atoms with Crippen molar-refractivity contribution in [2.45, 2.75) is 38.1 Å². The van der Waals surface area contributed by atoms with Gasteiger partial charge in [0.05, 0.1) is 19.3 Å². The Bertz CT molecular complexity index is 188. The van der Waals surface area contributed by atoms with Crippen LogP contribution in [0, 0.1) is 5.92 Å². The minimum atomic E-state index is -4.57. The normalized spacial score (nSPS) is 27.0. The molecule has 0 saturated heterocycles. The van der Waals surface area contributed by atoms with Gasteiger partial charge in [-0.25, -0.2) is 0 Å². The molecule has 0 atom stereocenters. The Morgan fingerprint density at radius 3 is 2.19 bits per heavy atom. The van der Waals surface area contributed by atoms with E-state index >= 15 is 0 Å². The Morgan fingerprint density at radius 1 is 1.06 bits per heavy atom. The molecule has 0 unspecified atom stereocenters. The van der Waals surface area contributed by atoms with E-state index in [-0.39, 0.29) is 19.3 Å². The molecule has 0 aromatic carbocycles. The van der Waals surface area contributed by atoms with Gasteiger partial charge in [-0.3, -0.25) is 4.74 Å².